The summed E-state index contributed by atoms with van der Waals surface area (Å²) in [6, 6.07) is 9.40. The zero-order valence-electron chi connectivity index (χ0n) is 14.1. The summed E-state index contributed by atoms with van der Waals surface area (Å²) >= 11 is 0. The second-order valence-electron chi connectivity index (χ2n) is 5.12. The van der Waals surface area contributed by atoms with Gasteiger partial charge in [-0.05, 0) is 36.4 Å². The van der Waals surface area contributed by atoms with Crippen molar-refractivity contribution in [2.75, 3.05) is 19.0 Å². The van der Waals surface area contributed by atoms with Crippen LogP contribution in [0, 0.1) is 10.1 Å². The summed E-state index contributed by atoms with van der Waals surface area (Å²) in [6.07, 6.45) is 0. The molecule has 0 radical (unpaired) electrons. The molecule has 2 N–H and O–H groups in total. The van der Waals surface area contributed by atoms with Gasteiger partial charge in [0.15, 0.2) is 5.75 Å². The fourth-order valence-electron chi connectivity index (χ4n) is 2.17. The molecule has 0 saturated carbocycles. The first kappa shape index (κ1) is 19.3. The third kappa shape index (κ3) is 4.35. The molecule has 2 rings (SSSR count). The lowest BCUT2D eigenvalue weighted by Crippen LogP contribution is -2.23. The quantitative estimate of drug-likeness (QED) is 0.560. The van der Waals surface area contributed by atoms with E-state index in [0.717, 1.165) is 6.07 Å². The minimum absolute atomic E-state index is 0.0459. The smallest absolute Gasteiger partial charge is 0.311 e. The Bertz CT molecular complexity index is 926. The number of amides is 1. The Balaban J connectivity index is 2.20. The van der Waals surface area contributed by atoms with E-state index in [-0.39, 0.29) is 28.4 Å². The van der Waals surface area contributed by atoms with Crippen molar-refractivity contribution >= 4 is 27.3 Å². The molecule has 9 nitrogen and oxygen atoms in total. The number of carbonyl (C=O) groups is 1. The van der Waals surface area contributed by atoms with Crippen LogP contribution >= 0.6 is 0 Å². The van der Waals surface area contributed by atoms with Gasteiger partial charge in [-0.3, -0.25) is 14.9 Å². The van der Waals surface area contributed by atoms with E-state index in [2.05, 4.69) is 10.0 Å². The Hall–Kier alpha value is -2.98. The number of hydrogen-bond acceptors (Lipinski definition) is 6. The summed E-state index contributed by atoms with van der Waals surface area (Å²) < 4.78 is 31.0. The summed E-state index contributed by atoms with van der Waals surface area (Å²) in [6.45, 7) is 1.93. The SMILES string of the molecule is CCNS(=O)(=O)c1ccc(NC(=O)c2ccc(OC)c([N+](=O)[O-])c2)cc1. The fourth-order valence-corrected chi connectivity index (χ4v) is 3.21. The molecule has 2 aromatic rings. The first-order valence-corrected chi connectivity index (χ1v) is 9.00. The van der Waals surface area contributed by atoms with E-state index >= 15 is 0 Å². The van der Waals surface area contributed by atoms with E-state index in [4.69, 9.17) is 4.74 Å². The number of methoxy groups -OCH3 is 1. The molecule has 138 valence electrons. The van der Waals surface area contributed by atoms with Crippen LogP contribution in [0.2, 0.25) is 0 Å². The zero-order valence-corrected chi connectivity index (χ0v) is 14.9. The fraction of sp³-hybridized carbons (Fsp3) is 0.188. The average molecular weight is 379 g/mol. The molecule has 0 atom stereocenters. The topological polar surface area (TPSA) is 128 Å². The Morgan fingerprint density at radius 3 is 2.38 bits per heavy atom. The standard InChI is InChI=1S/C16H17N3O6S/c1-3-17-26(23,24)13-7-5-12(6-8-13)18-16(20)11-4-9-15(25-2)14(10-11)19(21)22/h4-10,17H,3H2,1-2H3,(H,18,20). The highest BCUT2D eigenvalue weighted by molar-refractivity contribution is 7.89. The number of nitrogens with one attached hydrogen (secondary N) is 2. The number of ether oxygens (including phenoxy) is 1. The van der Waals surface area contributed by atoms with Crippen LogP contribution in [0.25, 0.3) is 0 Å². The maximum Gasteiger partial charge on any atom is 0.311 e. The molecule has 0 heterocycles. The number of hydrogen-bond donors (Lipinski definition) is 2. The Kier molecular flexibility index (Phi) is 5.90. The third-order valence-corrected chi connectivity index (χ3v) is 4.96. The lowest BCUT2D eigenvalue weighted by molar-refractivity contribution is -0.385. The molecule has 0 spiro atoms. The van der Waals surface area contributed by atoms with Gasteiger partial charge in [-0.1, -0.05) is 6.92 Å². The highest BCUT2D eigenvalue weighted by atomic mass is 32.2. The first-order valence-electron chi connectivity index (χ1n) is 7.52. The summed E-state index contributed by atoms with van der Waals surface area (Å²) in [5.41, 5.74) is 0.0954. The maximum absolute atomic E-state index is 12.3. The molecular weight excluding hydrogens is 362 g/mol. The van der Waals surface area contributed by atoms with Crippen molar-refractivity contribution in [1.29, 1.82) is 0 Å². The van der Waals surface area contributed by atoms with E-state index in [0.29, 0.717) is 5.69 Å². The molecule has 0 aliphatic carbocycles. The van der Waals surface area contributed by atoms with Gasteiger partial charge in [0.1, 0.15) is 0 Å². The monoisotopic (exact) mass is 379 g/mol. The van der Waals surface area contributed by atoms with Gasteiger partial charge in [-0.15, -0.1) is 0 Å². The van der Waals surface area contributed by atoms with Crippen molar-refractivity contribution < 1.29 is 22.9 Å². The van der Waals surface area contributed by atoms with E-state index in [1.54, 1.807) is 6.92 Å². The number of nitrogens with zero attached hydrogens (tertiary/aromatic N) is 1. The van der Waals surface area contributed by atoms with Crippen molar-refractivity contribution in [3.05, 3.63) is 58.1 Å². The van der Waals surface area contributed by atoms with Crippen molar-refractivity contribution in [3.63, 3.8) is 0 Å². The minimum Gasteiger partial charge on any atom is -0.490 e. The van der Waals surface area contributed by atoms with Crippen LogP contribution in [0.3, 0.4) is 0 Å². The lowest BCUT2D eigenvalue weighted by Gasteiger charge is -2.08. The second-order valence-corrected chi connectivity index (χ2v) is 6.89. The summed E-state index contributed by atoms with van der Waals surface area (Å²) in [4.78, 5) is 22.7. The van der Waals surface area contributed by atoms with Gasteiger partial charge in [0.25, 0.3) is 5.91 Å². The van der Waals surface area contributed by atoms with E-state index in [1.165, 1.54) is 43.5 Å². The van der Waals surface area contributed by atoms with Crippen LogP contribution < -0.4 is 14.8 Å². The Labute approximate surface area is 150 Å². The van der Waals surface area contributed by atoms with Gasteiger partial charge in [0, 0.05) is 23.9 Å². The predicted molar refractivity (Wildman–Crippen MR) is 94.9 cm³/mol. The van der Waals surface area contributed by atoms with Crippen molar-refractivity contribution in [2.24, 2.45) is 0 Å². The Morgan fingerprint density at radius 2 is 1.85 bits per heavy atom. The largest absolute Gasteiger partial charge is 0.490 e. The summed E-state index contributed by atoms with van der Waals surface area (Å²) in [7, 11) is -2.29. The van der Waals surface area contributed by atoms with E-state index in [1.807, 2.05) is 0 Å². The number of benzene rings is 2. The van der Waals surface area contributed by atoms with Crippen LogP contribution in [-0.4, -0.2) is 32.9 Å². The number of nitro groups is 1. The van der Waals surface area contributed by atoms with E-state index < -0.39 is 20.9 Å². The van der Waals surface area contributed by atoms with E-state index in [9.17, 15) is 23.3 Å². The van der Waals surface area contributed by atoms with Crippen LogP contribution in [0.15, 0.2) is 47.4 Å². The number of rotatable bonds is 7. The number of anilines is 1. The number of carbonyl (C=O) groups excluding carboxylic acids is 1. The maximum atomic E-state index is 12.3. The normalized spacial score (nSPS) is 11.0. The molecule has 0 aromatic heterocycles. The van der Waals surface area contributed by atoms with Gasteiger partial charge >= 0.3 is 5.69 Å². The number of nitro benzene ring substituents is 1. The van der Waals surface area contributed by atoms with Crippen LogP contribution in [0.4, 0.5) is 11.4 Å². The lowest BCUT2D eigenvalue weighted by atomic mass is 10.1. The zero-order chi connectivity index (χ0) is 19.3. The summed E-state index contributed by atoms with van der Waals surface area (Å²) in [5, 5.41) is 13.6. The predicted octanol–water partition coefficient (Wildman–Crippen LogP) is 2.15. The molecule has 26 heavy (non-hydrogen) atoms. The molecule has 0 fully saturated rings. The van der Waals surface area contributed by atoms with Gasteiger partial charge in [-0.2, -0.15) is 0 Å². The molecule has 0 unspecified atom stereocenters. The van der Waals surface area contributed by atoms with Gasteiger partial charge in [0.05, 0.1) is 16.9 Å². The molecule has 0 bridgehead atoms. The van der Waals surface area contributed by atoms with Crippen LogP contribution in [-0.2, 0) is 10.0 Å². The highest BCUT2D eigenvalue weighted by Gasteiger charge is 2.18. The van der Waals surface area contributed by atoms with Gasteiger partial charge in [-0.25, -0.2) is 13.1 Å². The average Bonchev–Trinajstić information content (AvgIpc) is 2.61. The number of sulfonamides is 1. The molecule has 0 aliphatic rings. The Morgan fingerprint density at radius 1 is 1.19 bits per heavy atom. The molecule has 1 amide bonds. The van der Waals surface area contributed by atoms with Crippen LogP contribution in [0.5, 0.6) is 5.75 Å². The van der Waals surface area contributed by atoms with Crippen LogP contribution in [0.1, 0.15) is 17.3 Å². The van der Waals surface area contributed by atoms with Crippen molar-refractivity contribution in [2.45, 2.75) is 11.8 Å². The minimum atomic E-state index is -3.58. The van der Waals surface area contributed by atoms with Crippen molar-refractivity contribution in [3.8, 4) is 5.75 Å². The summed E-state index contributed by atoms with van der Waals surface area (Å²) in [5.74, 6) is -0.525. The molecule has 10 heteroatoms. The first-order chi connectivity index (χ1) is 12.3. The molecule has 0 aliphatic heterocycles. The second kappa shape index (κ2) is 7.93. The van der Waals surface area contributed by atoms with Crippen molar-refractivity contribution in [1.82, 2.24) is 4.72 Å². The molecule has 2 aromatic carbocycles. The highest BCUT2D eigenvalue weighted by Crippen LogP contribution is 2.27. The molecular formula is C16H17N3O6S. The van der Waals surface area contributed by atoms with Gasteiger partial charge < -0.3 is 10.1 Å². The van der Waals surface area contributed by atoms with Gasteiger partial charge in [0.2, 0.25) is 10.0 Å². The molecule has 0 saturated heterocycles. The third-order valence-electron chi connectivity index (χ3n) is 3.39.